The van der Waals surface area contributed by atoms with Gasteiger partial charge >= 0.3 is 6.09 Å². The number of rotatable bonds is 9. The van der Waals surface area contributed by atoms with Gasteiger partial charge in [0.25, 0.3) is 10.1 Å². The molecule has 0 saturated carbocycles. The van der Waals surface area contributed by atoms with E-state index in [1.165, 1.54) is 19.2 Å². The van der Waals surface area contributed by atoms with Crippen molar-refractivity contribution < 1.29 is 22.1 Å². The molecule has 2 rings (SSSR count). The quantitative estimate of drug-likeness (QED) is 0.481. The highest BCUT2D eigenvalue weighted by atomic mass is 32.2. The smallest absolute Gasteiger partial charge is 0.409 e. The van der Waals surface area contributed by atoms with E-state index in [4.69, 9.17) is 8.92 Å². The van der Waals surface area contributed by atoms with Crippen LogP contribution in [0.5, 0.6) is 0 Å². The van der Waals surface area contributed by atoms with Crippen LogP contribution in [0.2, 0.25) is 0 Å². The number of carbonyl (C=O) groups is 1. The zero-order chi connectivity index (χ0) is 19.7. The summed E-state index contributed by atoms with van der Waals surface area (Å²) in [5.41, 5.74) is 1.98. The van der Waals surface area contributed by atoms with Crippen LogP contribution in [0.25, 0.3) is 0 Å². The second-order valence-electron chi connectivity index (χ2n) is 6.17. The van der Waals surface area contributed by atoms with E-state index in [9.17, 15) is 13.2 Å². The lowest BCUT2D eigenvalue weighted by Gasteiger charge is -2.21. The summed E-state index contributed by atoms with van der Waals surface area (Å²) in [7, 11) is -2.41. The van der Waals surface area contributed by atoms with E-state index in [2.05, 4.69) is 0 Å². The van der Waals surface area contributed by atoms with Crippen LogP contribution in [0.4, 0.5) is 4.79 Å². The molecule has 0 aliphatic rings. The van der Waals surface area contributed by atoms with Gasteiger partial charge in [-0.15, -0.1) is 0 Å². The Morgan fingerprint density at radius 3 is 2.30 bits per heavy atom. The Balaban J connectivity index is 1.81. The Bertz CT molecular complexity index is 819. The van der Waals surface area contributed by atoms with E-state index >= 15 is 0 Å². The molecule has 0 fully saturated rings. The number of methoxy groups -OCH3 is 1. The van der Waals surface area contributed by atoms with Gasteiger partial charge in [-0.1, -0.05) is 48.0 Å². The predicted octanol–water partition coefficient (Wildman–Crippen LogP) is 3.75. The number of ether oxygens (including phenoxy) is 1. The molecule has 0 unspecified atom stereocenters. The average Bonchev–Trinajstić information content (AvgIpc) is 2.67. The van der Waals surface area contributed by atoms with Crippen molar-refractivity contribution in [2.45, 2.75) is 31.2 Å². The van der Waals surface area contributed by atoms with Gasteiger partial charge in [0.05, 0.1) is 18.6 Å². The molecule has 0 aliphatic carbocycles. The van der Waals surface area contributed by atoms with Gasteiger partial charge in [0.15, 0.2) is 0 Å². The lowest BCUT2D eigenvalue weighted by molar-refractivity contribution is 0.119. The fourth-order valence-corrected chi connectivity index (χ4v) is 3.46. The Hall–Kier alpha value is -2.38. The molecule has 0 atom stereocenters. The van der Waals surface area contributed by atoms with Gasteiger partial charge in [-0.05, 0) is 37.5 Å². The van der Waals surface area contributed by atoms with Crippen molar-refractivity contribution in [3.63, 3.8) is 0 Å². The highest BCUT2D eigenvalue weighted by Gasteiger charge is 2.16. The molecule has 0 bridgehead atoms. The molecule has 7 heteroatoms. The Morgan fingerprint density at radius 1 is 1.00 bits per heavy atom. The largest absolute Gasteiger partial charge is 0.453 e. The predicted molar refractivity (Wildman–Crippen MR) is 103 cm³/mol. The lowest BCUT2D eigenvalue weighted by Crippen LogP contribution is -2.31. The summed E-state index contributed by atoms with van der Waals surface area (Å²) >= 11 is 0. The highest BCUT2D eigenvalue weighted by Crippen LogP contribution is 2.14. The highest BCUT2D eigenvalue weighted by molar-refractivity contribution is 7.86. The number of aryl methyl sites for hydroxylation is 1. The molecule has 0 spiro atoms. The van der Waals surface area contributed by atoms with Gasteiger partial charge in [0, 0.05) is 13.1 Å². The monoisotopic (exact) mass is 391 g/mol. The van der Waals surface area contributed by atoms with Crippen LogP contribution >= 0.6 is 0 Å². The van der Waals surface area contributed by atoms with E-state index in [0.29, 0.717) is 25.9 Å². The number of nitrogens with zero attached hydrogens (tertiary/aromatic N) is 1. The molecule has 0 heterocycles. The first-order valence-electron chi connectivity index (χ1n) is 8.75. The van der Waals surface area contributed by atoms with Gasteiger partial charge < -0.3 is 9.64 Å². The Morgan fingerprint density at radius 2 is 1.67 bits per heavy atom. The maximum absolute atomic E-state index is 12.1. The van der Waals surface area contributed by atoms with Crippen molar-refractivity contribution in [2.75, 3.05) is 20.3 Å². The van der Waals surface area contributed by atoms with Crippen LogP contribution in [0.3, 0.4) is 0 Å². The molecule has 2 aromatic carbocycles. The molecular formula is C20H25NO5S. The van der Waals surface area contributed by atoms with Crippen molar-refractivity contribution in [3.8, 4) is 0 Å². The summed E-state index contributed by atoms with van der Waals surface area (Å²) in [4.78, 5) is 13.7. The minimum absolute atomic E-state index is 0.0660. The molecule has 146 valence electrons. The molecule has 6 nitrogen and oxygen atoms in total. The molecule has 0 N–H and O–H groups in total. The van der Waals surface area contributed by atoms with E-state index in [-0.39, 0.29) is 11.5 Å². The standard InChI is InChI=1S/C20H25NO5S/c1-17-10-12-19(13-11-17)27(23,24)26-15-7-6-14-21(20(22)25-2)16-18-8-4-3-5-9-18/h3-5,8-13H,6-7,14-16H2,1-2H3. The number of benzene rings is 2. The molecular weight excluding hydrogens is 366 g/mol. The normalized spacial score (nSPS) is 11.2. The zero-order valence-electron chi connectivity index (χ0n) is 15.6. The topological polar surface area (TPSA) is 72.9 Å². The van der Waals surface area contributed by atoms with Crippen LogP contribution in [0.1, 0.15) is 24.0 Å². The maximum atomic E-state index is 12.1. The van der Waals surface area contributed by atoms with Gasteiger partial charge in [-0.2, -0.15) is 8.42 Å². The first-order chi connectivity index (χ1) is 12.9. The van der Waals surface area contributed by atoms with Crippen molar-refractivity contribution >= 4 is 16.2 Å². The summed E-state index contributed by atoms with van der Waals surface area (Å²) in [5, 5.41) is 0. The summed E-state index contributed by atoms with van der Waals surface area (Å²) in [6, 6.07) is 16.1. The molecule has 0 aliphatic heterocycles. The van der Waals surface area contributed by atoms with Crippen LogP contribution in [0.15, 0.2) is 59.5 Å². The molecule has 2 aromatic rings. The minimum Gasteiger partial charge on any atom is -0.453 e. The Kier molecular flexibility index (Phi) is 7.82. The van der Waals surface area contributed by atoms with E-state index in [0.717, 1.165) is 11.1 Å². The number of hydrogen-bond donors (Lipinski definition) is 0. The van der Waals surface area contributed by atoms with Gasteiger partial charge in [-0.25, -0.2) is 4.79 Å². The second-order valence-corrected chi connectivity index (χ2v) is 7.79. The molecule has 0 radical (unpaired) electrons. The number of hydrogen-bond acceptors (Lipinski definition) is 5. The molecule has 27 heavy (non-hydrogen) atoms. The van der Waals surface area contributed by atoms with Crippen molar-refractivity contribution in [1.29, 1.82) is 0 Å². The van der Waals surface area contributed by atoms with E-state index < -0.39 is 16.2 Å². The zero-order valence-corrected chi connectivity index (χ0v) is 16.4. The summed E-state index contributed by atoms with van der Waals surface area (Å²) in [6.07, 6.45) is 0.700. The number of amides is 1. The molecule has 1 amide bonds. The van der Waals surface area contributed by atoms with Crippen LogP contribution in [-0.4, -0.2) is 39.7 Å². The van der Waals surface area contributed by atoms with Crippen LogP contribution in [0, 0.1) is 6.92 Å². The van der Waals surface area contributed by atoms with Crippen molar-refractivity contribution in [3.05, 3.63) is 65.7 Å². The van der Waals surface area contributed by atoms with Crippen molar-refractivity contribution in [1.82, 2.24) is 4.90 Å². The maximum Gasteiger partial charge on any atom is 0.409 e. The first-order valence-corrected chi connectivity index (χ1v) is 10.2. The molecule has 0 saturated heterocycles. The average molecular weight is 391 g/mol. The fraction of sp³-hybridized carbons (Fsp3) is 0.350. The lowest BCUT2D eigenvalue weighted by atomic mass is 10.2. The summed E-state index contributed by atoms with van der Waals surface area (Å²) in [5.74, 6) is 0. The third-order valence-electron chi connectivity index (χ3n) is 4.02. The summed E-state index contributed by atoms with van der Waals surface area (Å²) in [6.45, 7) is 2.85. The third kappa shape index (κ3) is 6.69. The van der Waals surface area contributed by atoms with Gasteiger partial charge in [0.1, 0.15) is 0 Å². The van der Waals surface area contributed by atoms with Crippen LogP contribution < -0.4 is 0 Å². The molecule has 0 aromatic heterocycles. The fourth-order valence-electron chi connectivity index (χ4n) is 2.51. The van der Waals surface area contributed by atoms with Crippen molar-refractivity contribution in [2.24, 2.45) is 0 Å². The number of carbonyl (C=O) groups excluding carboxylic acids is 1. The Labute approximate surface area is 160 Å². The van der Waals surface area contributed by atoms with E-state index in [1.54, 1.807) is 17.0 Å². The van der Waals surface area contributed by atoms with Crippen LogP contribution in [-0.2, 0) is 25.6 Å². The SMILES string of the molecule is COC(=O)N(CCCCOS(=O)(=O)c1ccc(C)cc1)Cc1ccccc1. The third-order valence-corrected chi connectivity index (χ3v) is 5.35. The number of unbranched alkanes of at least 4 members (excludes halogenated alkanes) is 1. The minimum atomic E-state index is -3.75. The summed E-state index contributed by atoms with van der Waals surface area (Å²) < 4.78 is 34.2. The van der Waals surface area contributed by atoms with E-state index in [1.807, 2.05) is 37.3 Å². The van der Waals surface area contributed by atoms with Gasteiger partial charge in [-0.3, -0.25) is 4.18 Å². The second kappa shape index (κ2) is 10.1. The van der Waals surface area contributed by atoms with Gasteiger partial charge in [0.2, 0.25) is 0 Å². The first kappa shape index (κ1) is 20.9.